The third kappa shape index (κ3) is 4.27. The van der Waals surface area contributed by atoms with Crippen LogP contribution in [-0.2, 0) is 0 Å². The molecule has 2 N–H and O–H groups in total. The van der Waals surface area contributed by atoms with Crippen molar-refractivity contribution in [1.29, 1.82) is 0 Å². The van der Waals surface area contributed by atoms with Gasteiger partial charge in [0.15, 0.2) is 0 Å². The number of nitrogens with one attached hydrogen (secondary N) is 2. The first-order chi connectivity index (χ1) is 19.7. The average Bonchev–Trinajstić information content (AvgIpc) is 2.99. The predicted octanol–water partition coefficient (Wildman–Crippen LogP) is 9.36. The van der Waals surface area contributed by atoms with Crippen LogP contribution in [0.5, 0.6) is 0 Å². The van der Waals surface area contributed by atoms with Crippen molar-refractivity contribution in [3.05, 3.63) is 121 Å². The Bertz CT molecular complexity index is 1570. The monoisotopic (exact) mass is 558 g/mol. The van der Waals surface area contributed by atoms with E-state index in [1.54, 1.807) is 45.5 Å². The van der Waals surface area contributed by atoms with E-state index in [-0.39, 0.29) is 12.1 Å². The summed E-state index contributed by atoms with van der Waals surface area (Å²) in [6.45, 7) is 0. The number of nitrogens with zero attached hydrogens (tertiary/aromatic N) is 2. The highest BCUT2D eigenvalue weighted by atomic mass is 32.2. The van der Waals surface area contributed by atoms with Crippen LogP contribution in [0.15, 0.2) is 141 Å². The summed E-state index contributed by atoms with van der Waals surface area (Å²) in [5, 5.41) is 6.10. The Hall–Kier alpha value is -4.66. The summed E-state index contributed by atoms with van der Waals surface area (Å²) in [5.41, 5.74) is 4.24. The smallest absolute Gasteiger partial charge is 0.305 e. The molecule has 0 radical (unpaired) electrons. The van der Waals surface area contributed by atoms with Crippen molar-refractivity contribution in [2.24, 2.45) is 0 Å². The minimum Gasteiger partial charge on any atom is -0.305 e. The summed E-state index contributed by atoms with van der Waals surface area (Å²) in [6, 6.07) is 38.0. The maximum atomic E-state index is 13.8. The molecule has 40 heavy (non-hydrogen) atoms. The van der Waals surface area contributed by atoms with Gasteiger partial charge in [-0.1, -0.05) is 84.2 Å². The number of benzene rings is 5. The van der Waals surface area contributed by atoms with Crippen LogP contribution in [0.3, 0.4) is 0 Å². The van der Waals surface area contributed by atoms with Gasteiger partial charge in [-0.15, -0.1) is 0 Å². The van der Waals surface area contributed by atoms with E-state index in [0.29, 0.717) is 11.4 Å². The molecule has 6 nitrogen and oxygen atoms in total. The first-order valence-corrected chi connectivity index (χ1v) is 14.3. The fourth-order valence-corrected chi connectivity index (χ4v) is 7.01. The number of anilines is 6. The summed E-state index contributed by atoms with van der Waals surface area (Å²) >= 11 is 3.28. The van der Waals surface area contributed by atoms with Crippen LogP contribution in [0.4, 0.5) is 43.7 Å². The molecule has 7 rings (SSSR count). The maximum Gasteiger partial charge on any atom is 0.331 e. The second-order valence-electron chi connectivity index (χ2n) is 9.15. The zero-order valence-corrected chi connectivity index (χ0v) is 22.7. The molecule has 0 saturated heterocycles. The van der Waals surface area contributed by atoms with Crippen molar-refractivity contribution in [2.75, 3.05) is 20.4 Å². The number of fused-ring (bicyclic) bond motifs is 4. The lowest BCUT2D eigenvalue weighted by Gasteiger charge is -2.32. The molecule has 4 amide bonds. The summed E-state index contributed by atoms with van der Waals surface area (Å²) in [5.74, 6) is 0. The molecule has 2 heterocycles. The molecule has 0 unspecified atom stereocenters. The zero-order valence-electron chi connectivity index (χ0n) is 21.1. The highest BCUT2D eigenvalue weighted by molar-refractivity contribution is 8.00. The molecule has 0 spiro atoms. The normalized spacial score (nSPS) is 12.9. The Balaban J connectivity index is 1.20. The van der Waals surface area contributed by atoms with E-state index in [0.717, 1.165) is 42.3 Å². The maximum absolute atomic E-state index is 13.8. The number of rotatable bonds is 2. The van der Waals surface area contributed by atoms with Gasteiger partial charge in [0.1, 0.15) is 0 Å². The van der Waals surface area contributed by atoms with Crippen molar-refractivity contribution in [1.82, 2.24) is 0 Å². The fourth-order valence-electron chi connectivity index (χ4n) is 4.89. The van der Waals surface area contributed by atoms with Crippen molar-refractivity contribution >= 4 is 69.7 Å². The lowest BCUT2D eigenvalue weighted by Crippen LogP contribution is -2.34. The van der Waals surface area contributed by atoms with Gasteiger partial charge in [0, 0.05) is 19.6 Å². The van der Waals surface area contributed by atoms with E-state index in [2.05, 4.69) is 10.6 Å². The molecule has 5 aromatic rings. The summed E-state index contributed by atoms with van der Waals surface area (Å²) in [7, 11) is 0. The molecule has 2 aliphatic heterocycles. The number of amides is 4. The average molecular weight is 559 g/mol. The Labute approximate surface area is 240 Å². The predicted molar refractivity (Wildman–Crippen MR) is 163 cm³/mol. The highest BCUT2D eigenvalue weighted by Gasteiger charge is 2.30. The second kappa shape index (κ2) is 10.1. The number of carbonyl (C=O) groups is 2. The molecule has 8 heteroatoms. The van der Waals surface area contributed by atoms with E-state index < -0.39 is 0 Å². The molecular weight excluding hydrogens is 537 g/mol. The number of para-hydroxylation sites is 6. The second-order valence-corrected chi connectivity index (χ2v) is 11.3. The van der Waals surface area contributed by atoms with E-state index in [4.69, 9.17) is 0 Å². The van der Waals surface area contributed by atoms with Gasteiger partial charge in [-0.05, 0) is 60.7 Å². The van der Waals surface area contributed by atoms with Gasteiger partial charge in [-0.25, -0.2) is 9.59 Å². The van der Waals surface area contributed by atoms with Gasteiger partial charge in [0.2, 0.25) is 0 Å². The Kier molecular flexibility index (Phi) is 6.18. The van der Waals surface area contributed by atoms with Crippen LogP contribution in [0.25, 0.3) is 0 Å². The summed E-state index contributed by atoms with van der Waals surface area (Å²) in [4.78, 5) is 35.0. The number of carbonyl (C=O) groups excluding carboxylic acids is 2. The van der Waals surface area contributed by atoms with Crippen molar-refractivity contribution < 1.29 is 9.59 Å². The lowest BCUT2D eigenvalue weighted by atomic mass is 10.2. The van der Waals surface area contributed by atoms with Crippen LogP contribution in [0.2, 0.25) is 0 Å². The van der Waals surface area contributed by atoms with Gasteiger partial charge in [-0.3, -0.25) is 9.80 Å². The van der Waals surface area contributed by atoms with E-state index >= 15 is 0 Å². The molecule has 0 atom stereocenters. The molecule has 2 aliphatic rings. The fraction of sp³-hybridized carbons (Fsp3) is 0. The molecule has 0 aromatic heterocycles. The molecule has 0 aliphatic carbocycles. The first-order valence-electron chi connectivity index (χ1n) is 12.7. The summed E-state index contributed by atoms with van der Waals surface area (Å²) < 4.78 is 0. The van der Waals surface area contributed by atoms with Crippen LogP contribution < -0.4 is 20.4 Å². The largest absolute Gasteiger partial charge is 0.331 e. The van der Waals surface area contributed by atoms with Crippen LogP contribution >= 0.6 is 23.5 Å². The van der Waals surface area contributed by atoms with Crippen molar-refractivity contribution in [2.45, 2.75) is 19.6 Å². The molecule has 0 fully saturated rings. The topological polar surface area (TPSA) is 64.7 Å². The molecule has 194 valence electrons. The SMILES string of the molecule is O=C(Nc1ccccc1NC(=O)N1c2ccccc2Sc2ccccc21)N1c2ccccc2Sc2ccccc21. The third-order valence-electron chi connectivity index (χ3n) is 6.68. The molecular formula is C32H22N4O2S2. The van der Waals surface area contributed by atoms with Gasteiger partial charge < -0.3 is 10.6 Å². The van der Waals surface area contributed by atoms with E-state index in [1.165, 1.54) is 0 Å². The Morgan fingerprint density at radius 3 is 1.02 bits per heavy atom. The third-order valence-corrected chi connectivity index (χ3v) is 8.94. The molecule has 0 saturated carbocycles. The Morgan fingerprint density at radius 2 is 0.700 bits per heavy atom. The molecule has 5 aromatic carbocycles. The van der Waals surface area contributed by atoms with Crippen LogP contribution in [0.1, 0.15) is 0 Å². The molecule has 0 bridgehead atoms. The standard InChI is InChI=1S/C32H22N4O2S2/c37-31(35-23-13-3-7-17-27(23)39-28-18-8-4-14-24(28)35)33-21-11-1-2-12-22(21)34-32(38)36-25-15-5-9-19-29(25)40-30-20-10-6-16-26(30)36/h1-20H,(H,33,37)(H,34,38). The quantitative estimate of drug-likeness (QED) is 0.227. The highest BCUT2D eigenvalue weighted by Crippen LogP contribution is 2.49. The number of hydrogen-bond acceptors (Lipinski definition) is 4. The van der Waals surface area contributed by atoms with Crippen LogP contribution in [0, 0.1) is 0 Å². The van der Waals surface area contributed by atoms with Gasteiger partial charge >= 0.3 is 12.1 Å². The van der Waals surface area contributed by atoms with Gasteiger partial charge in [-0.2, -0.15) is 0 Å². The van der Waals surface area contributed by atoms with E-state index in [1.807, 2.05) is 109 Å². The number of hydrogen-bond donors (Lipinski definition) is 2. The van der Waals surface area contributed by atoms with Crippen molar-refractivity contribution in [3.63, 3.8) is 0 Å². The van der Waals surface area contributed by atoms with E-state index in [9.17, 15) is 9.59 Å². The van der Waals surface area contributed by atoms with Crippen molar-refractivity contribution in [3.8, 4) is 0 Å². The minimum atomic E-state index is -0.313. The minimum absolute atomic E-state index is 0.313. The Morgan fingerprint density at radius 1 is 0.425 bits per heavy atom. The first kappa shape index (κ1) is 24.4. The number of urea groups is 2. The van der Waals surface area contributed by atoms with Gasteiger partial charge in [0.05, 0.1) is 34.1 Å². The summed E-state index contributed by atoms with van der Waals surface area (Å²) in [6.07, 6.45) is 0. The van der Waals surface area contributed by atoms with Crippen LogP contribution in [-0.4, -0.2) is 12.1 Å². The zero-order chi connectivity index (χ0) is 27.1. The van der Waals surface area contributed by atoms with Gasteiger partial charge in [0.25, 0.3) is 0 Å². The lowest BCUT2D eigenvalue weighted by molar-refractivity contribution is 0.257.